The number of aromatic nitrogens is 1. The van der Waals surface area contributed by atoms with Gasteiger partial charge < -0.3 is 10.6 Å². The number of amides is 1. The van der Waals surface area contributed by atoms with E-state index < -0.39 is 0 Å². The lowest BCUT2D eigenvalue weighted by atomic mass is 9.88. The molecule has 0 spiro atoms. The van der Waals surface area contributed by atoms with Gasteiger partial charge in [0.25, 0.3) is 5.91 Å². The summed E-state index contributed by atoms with van der Waals surface area (Å²) < 4.78 is 0. The van der Waals surface area contributed by atoms with E-state index in [1.54, 1.807) is 6.07 Å². The van der Waals surface area contributed by atoms with E-state index in [-0.39, 0.29) is 11.1 Å². The van der Waals surface area contributed by atoms with Crippen molar-refractivity contribution in [3.63, 3.8) is 0 Å². The van der Waals surface area contributed by atoms with Gasteiger partial charge in [-0.05, 0) is 24.3 Å². The number of carbonyl (C=O) groups is 1. The van der Waals surface area contributed by atoms with E-state index in [4.69, 9.17) is 17.3 Å². The third-order valence-corrected chi connectivity index (χ3v) is 4.01. The van der Waals surface area contributed by atoms with Crippen LogP contribution in [-0.4, -0.2) is 28.9 Å². The minimum Gasteiger partial charge on any atom is -0.397 e. The van der Waals surface area contributed by atoms with Gasteiger partial charge in [0.2, 0.25) is 0 Å². The van der Waals surface area contributed by atoms with Gasteiger partial charge in [0.05, 0.1) is 17.4 Å². The van der Waals surface area contributed by atoms with Gasteiger partial charge in [0.15, 0.2) is 0 Å². The summed E-state index contributed by atoms with van der Waals surface area (Å²) in [5.41, 5.74) is 6.51. The highest BCUT2D eigenvalue weighted by molar-refractivity contribution is 6.32. The van der Waals surface area contributed by atoms with Gasteiger partial charge in [0, 0.05) is 13.1 Å². The lowest BCUT2D eigenvalue weighted by molar-refractivity contribution is 0.0627. The van der Waals surface area contributed by atoms with E-state index in [0.29, 0.717) is 23.1 Å². The Morgan fingerprint density at radius 2 is 2.22 bits per heavy atom. The number of anilines is 1. The van der Waals surface area contributed by atoms with Crippen molar-refractivity contribution in [3.8, 4) is 0 Å². The molecule has 2 heterocycles. The molecule has 0 aliphatic carbocycles. The molecule has 2 unspecified atom stereocenters. The Morgan fingerprint density at radius 1 is 1.50 bits per heavy atom. The van der Waals surface area contributed by atoms with Crippen molar-refractivity contribution in [2.75, 3.05) is 18.8 Å². The highest BCUT2D eigenvalue weighted by Gasteiger charge is 2.27. The zero-order valence-electron chi connectivity index (χ0n) is 10.7. The molecule has 2 rings (SSSR count). The topological polar surface area (TPSA) is 59.2 Å². The van der Waals surface area contributed by atoms with Crippen LogP contribution in [0.3, 0.4) is 0 Å². The van der Waals surface area contributed by atoms with Gasteiger partial charge in [-0.25, -0.2) is 4.98 Å². The maximum Gasteiger partial charge on any atom is 0.257 e. The van der Waals surface area contributed by atoms with Gasteiger partial charge in [-0.2, -0.15) is 0 Å². The highest BCUT2D eigenvalue weighted by atomic mass is 35.5. The molecular weight excluding hydrogens is 250 g/mol. The quantitative estimate of drug-likeness (QED) is 0.795. The van der Waals surface area contributed by atoms with Crippen LogP contribution in [0.15, 0.2) is 12.3 Å². The number of piperidine rings is 1. The van der Waals surface area contributed by atoms with Crippen molar-refractivity contribution >= 4 is 23.2 Å². The Balaban J connectivity index is 2.19. The standard InChI is InChI=1S/C13H18ClN3O/c1-8-3-4-17(7-9(8)2)13(18)11-5-10(15)6-16-12(11)14/h5-6,8-9H,3-4,7,15H2,1-2H3. The SMILES string of the molecule is CC1CCN(C(=O)c2cc(N)cnc2Cl)CC1C. The third-order valence-electron chi connectivity index (χ3n) is 3.71. The number of hydrogen-bond donors (Lipinski definition) is 1. The highest BCUT2D eigenvalue weighted by Crippen LogP contribution is 2.25. The first-order valence-corrected chi connectivity index (χ1v) is 6.57. The van der Waals surface area contributed by atoms with Gasteiger partial charge in [-0.1, -0.05) is 25.4 Å². The van der Waals surface area contributed by atoms with Crippen molar-refractivity contribution in [3.05, 3.63) is 23.0 Å². The van der Waals surface area contributed by atoms with Crippen LogP contribution in [-0.2, 0) is 0 Å². The number of pyridine rings is 1. The monoisotopic (exact) mass is 267 g/mol. The molecular formula is C13H18ClN3O. The summed E-state index contributed by atoms with van der Waals surface area (Å²) in [7, 11) is 0. The Bertz CT molecular complexity index is 464. The summed E-state index contributed by atoms with van der Waals surface area (Å²) in [4.78, 5) is 18.1. The van der Waals surface area contributed by atoms with E-state index in [1.807, 2.05) is 4.90 Å². The molecule has 1 fully saturated rings. The zero-order valence-corrected chi connectivity index (χ0v) is 11.4. The summed E-state index contributed by atoms with van der Waals surface area (Å²) in [6.07, 6.45) is 2.49. The second-order valence-electron chi connectivity index (χ2n) is 5.10. The first kappa shape index (κ1) is 13.1. The number of nitrogens with two attached hydrogens (primary N) is 1. The lowest BCUT2D eigenvalue weighted by Crippen LogP contribution is -2.42. The summed E-state index contributed by atoms with van der Waals surface area (Å²) in [5, 5.41) is 0.223. The second kappa shape index (κ2) is 5.14. The van der Waals surface area contributed by atoms with Crippen molar-refractivity contribution < 1.29 is 4.79 Å². The fourth-order valence-electron chi connectivity index (χ4n) is 2.23. The molecule has 2 N–H and O–H groups in total. The molecule has 18 heavy (non-hydrogen) atoms. The van der Waals surface area contributed by atoms with Crippen LogP contribution in [0, 0.1) is 11.8 Å². The Kier molecular flexibility index (Phi) is 3.76. The maximum absolute atomic E-state index is 12.4. The van der Waals surface area contributed by atoms with E-state index in [9.17, 15) is 4.79 Å². The first-order chi connectivity index (χ1) is 8.49. The zero-order chi connectivity index (χ0) is 13.3. The number of nitrogen functional groups attached to an aromatic ring is 1. The fourth-order valence-corrected chi connectivity index (χ4v) is 2.42. The van der Waals surface area contributed by atoms with Crippen molar-refractivity contribution in [2.24, 2.45) is 11.8 Å². The molecule has 0 saturated carbocycles. The molecule has 1 aromatic rings. The summed E-state index contributed by atoms with van der Waals surface area (Å²) in [5.74, 6) is 1.09. The molecule has 0 aromatic carbocycles. The summed E-state index contributed by atoms with van der Waals surface area (Å²) in [6, 6.07) is 1.60. The predicted octanol–water partition coefficient (Wildman–Crippen LogP) is 2.44. The lowest BCUT2D eigenvalue weighted by Gasteiger charge is -2.35. The number of hydrogen-bond acceptors (Lipinski definition) is 3. The van der Waals surface area contributed by atoms with Crippen LogP contribution < -0.4 is 5.73 Å². The van der Waals surface area contributed by atoms with Gasteiger partial charge in [0.1, 0.15) is 5.15 Å². The Hall–Kier alpha value is -1.29. The smallest absolute Gasteiger partial charge is 0.257 e. The molecule has 0 bridgehead atoms. The van der Waals surface area contributed by atoms with Gasteiger partial charge >= 0.3 is 0 Å². The molecule has 2 atom stereocenters. The number of nitrogens with zero attached hydrogens (tertiary/aromatic N) is 2. The molecule has 0 radical (unpaired) electrons. The molecule has 1 aliphatic heterocycles. The Morgan fingerprint density at radius 3 is 2.89 bits per heavy atom. The first-order valence-electron chi connectivity index (χ1n) is 6.19. The average Bonchev–Trinajstić information content (AvgIpc) is 2.35. The normalized spacial score (nSPS) is 24.1. The van der Waals surface area contributed by atoms with Crippen LogP contribution in [0.1, 0.15) is 30.6 Å². The largest absolute Gasteiger partial charge is 0.397 e. The number of rotatable bonds is 1. The van der Waals surface area contributed by atoms with E-state index >= 15 is 0 Å². The Labute approximate surface area is 112 Å². The summed E-state index contributed by atoms with van der Waals surface area (Å²) >= 11 is 5.96. The molecule has 1 aliphatic rings. The average molecular weight is 268 g/mol. The van der Waals surface area contributed by atoms with Crippen LogP contribution in [0.5, 0.6) is 0 Å². The van der Waals surface area contributed by atoms with E-state index in [1.165, 1.54) is 6.20 Å². The fraction of sp³-hybridized carbons (Fsp3) is 0.538. The third kappa shape index (κ3) is 2.58. The van der Waals surface area contributed by atoms with Crippen LogP contribution >= 0.6 is 11.6 Å². The minimum atomic E-state index is -0.0708. The van der Waals surface area contributed by atoms with E-state index in [2.05, 4.69) is 18.8 Å². The van der Waals surface area contributed by atoms with Crippen molar-refractivity contribution in [1.29, 1.82) is 0 Å². The molecule has 5 heteroatoms. The van der Waals surface area contributed by atoms with Crippen LogP contribution in [0.25, 0.3) is 0 Å². The number of carbonyl (C=O) groups excluding carboxylic acids is 1. The van der Waals surface area contributed by atoms with E-state index in [0.717, 1.165) is 19.5 Å². The molecule has 98 valence electrons. The number of likely N-dealkylation sites (tertiary alicyclic amines) is 1. The number of halogens is 1. The second-order valence-corrected chi connectivity index (χ2v) is 5.46. The van der Waals surface area contributed by atoms with Crippen LogP contribution in [0.2, 0.25) is 5.15 Å². The van der Waals surface area contributed by atoms with Gasteiger partial charge in [-0.3, -0.25) is 4.79 Å². The maximum atomic E-state index is 12.4. The minimum absolute atomic E-state index is 0.0708. The van der Waals surface area contributed by atoms with Crippen molar-refractivity contribution in [2.45, 2.75) is 20.3 Å². The summed E-state index contributed by atoms with van der Waals surface area (Å²) in [6.45, 7) is 5.94. The van der Waals surface area contributed by atoms with Gasteiger partial charge in [-0.15, -0.1) is 0 Å². The van der Waals surface area contributed by atoms with Crippen molar-refractivity contribution in [1.82, 2.24) is 9.88 Å². The molecule has 1 amide bonds. The van der Waals surface area contributed by atoms with Crippen LogP contribution in [0.4, 0.5) is 5.69 Å². The molecule has 1 saturated heterocycles. The predicted molar refractivity (Wildman–Crippen MR) is 72.5 cm³/mol. The molecule has 4 nitrogen and oxygen atoms in total. The molecule has 1 aromatic heterocycles.